The highest BCUT2D eigenvalue weighted by molar-refractivity contribution is 5.34. The average molecular weight is 223 g/mol. The molecule has 5 nitrogen and oxygen atoms in total. The zero-order valence-electron chi connectivity index (χ0n) is 8.51. The first kappa shape index (κ1) is 10.6. The standard InChI is InChI=1S/C10H10FN3O2/c1-16-7-4-2-3-6(8(7)11)9(15)10-12-5-13-14-10/h2-5,9,15H,1H3,(H,12,13,14). The first-order chi connectivity index (χ1) is 7.74. The Morgan fingerprint density at radius 1 is 1.50 bits per heavy atom. The van der Waals surface area contributed by atoms with Crippen LogP contribution < -0.4 is 4.74 Å². The van der Waals surface area contributed by atoms with Crippen LogP contribution in [0.5, 0.6) is 5.75 Å². The maximum atomic E-state index is 13.8. The molecule has 0 fully saturated rings. The highest BCUT2D eigenvalue weighted by Crippen LogP contribution is 2.27. The van der Waals surface area contributed by atoms with Gasteiger partial charge in [0.25, 0.3) is 0 Å². The number of halogens is 1. The largest absolute Gasteiger partial charge is 0.494 e. The van der Waals surface area contributed by atoms with E-state index in [-0.39, 0.29) is 17.1 Å². The summed E-state index contributed by atoms with van der Waals surface area (Å²) < 4.78 is 18.6. The molecule has 0 amide bonds. The van der Waals surface area contributed by atoms with E-state index in [1.54, 1.807) is 6.07 Å². The number of nitrogens with one attached hydrogen (secondary N) is 1. The van der Waals surface area contributed by atoms with Gasteiger partial charge in [-0.1, -0.05) is 12.1 Å². The molecule has 0 radical (unpaired) electrons. The molecule has 1 unspecified atom stereocenters. The van der Waals surface area contributed by atoms with Gasteiger partial charge >= 0.3 is 0 Å². The number of hydrogen-bond donors (Lipinski definition) is 2. The Bertz CT molecular complexity index is 473. The molecule has 0 spiro atoms. The van der Waals surface area contributed by atoms with Gasteiger partial charge in [0.15, 0.2) is 17.4 Å². The third-order valence-electron chi connectivity index (χ3n) is 2.20. The Morgan fingerprint density at radius 2 is 2.31 bits per heavy atom. The highest BCUT2D eigenvalue weighted by Gasteiger charge is 2.19. The predicted octanol–water partition coefficient (Wildman–Crippen LogP) is 1.03. The molecule has 1 aromatic heterocycles. The van der Waals surface area contributed by atoms with E-state index in [9.17, 15) is 9.50 Å². The second kappa shape index (κ2) is 4.28. The van der Waals surface area contributed by atoms with Crippen molar-refractivity contribution < 1.29 is 14.2 Å². The Morgan fingerprint density at radius 3 is 2.94 bits per heavy atom. The number of aliphatic hydroxyl groups excluding tert-OH is 1. The quantitative estimate of drug-likeness (QED) is 0.815. The average Bonchev–Trinajstić information content (AvgIpc) is 2.82. The molecule has 2 N–H and O–H groups in total. The van der Waals surface area contributed by atoms with Crippen LogP contribution in [0.15, 0.2) is 24.5 Å². The molecule has 0 aliphatic carbocycles. The van der Waals surface area contributed by atoms with Crippen LogP contribution in [-0.2, 0) is 0 Å². The SMILES string of the molecule is COc1cccc(C(O)c2ncn[nH]2)c1F. The fourth-order valence-electron chi connectivity index (χ4n) is 1.39. The molecular weight excluding hydrogens is 213 g/mol. The van der Waals surface area contributed by atoms with Gasteiger partial charge in [0.1, 0.15) is 12.4 Å². The van der Waals surface area contributed by atoms with Crippen molar-refractivity contribution in [3.05, 3.63) is 41.7 Å². The summed E-state index contributed by atoms with van der Waals surface area (Å²) in [5, 5.41) is 15.9. The predicted molar refractivity (Wildman–Crippen MR) is 53.4 cm³/mol. The smallest absolute Gasteiger partial charge is 0.171 e. The topological polar surface area (TPSA) is 71.0 Å². The lowest BCUT2D eigenvalue weighted by atomic mass is 10.1. The Balaban J connectivity index is 2.41. The minimum Gasteiger partial charge on any atom is -0.494 e. The second-order valence-electron chi connectivity index (χ2n) is 3.14. The lowest BCUT2D eigenvalue weighted by Gasteiger charge is -2.11. The monoisotopic (exact) mass is 223 g/mol. The Labute approximate surface area is 90.9 Å². The summed E-state index contributed by atoms with van der Waals surface area (Å²) in [6.07, 6.45) is 0.0639. The van der Waals surface area contributed by atoms with E-state index in [1.807, 2.05) is 0 Å². The number of benzene rings is 1. The number of H-pyrrole nitrogens is 1. The van der Waals surface area contributed by atoms with Gasteiger partial charge < -0.3 is 9.84 Å². The van der Waals surface area contributed by atoms with Crippen LogP contribution in [0.1, 0.15) is 17.5 Å². The first-order valence-corrected chi connectivity index (χ1v) is 4.59. The first-order valence-electron chi connectivity index (χ1n) is 4.59. The van der Waals surface area contributed by atoms with Crippen LogP contribution in [0.3, 0.4) is 0 Å². The molecule has 0 aliphatic rings. The van der Waals surface area contributed by atoms with E-state index < -0.39 is 11.9 Å². The van der Waals surface area contributed by atoms with Crippen molar-refractivity contribution in [1.29, 1.82) is 0 Å². The van der Waals surface area contributed by atoms with Crippen molar-refractivity contribution in [2.24, 2.45) is 0 Å². The number of methoxy groups -OCH3 is 1. The van der Waals surface area contributed by atoms with Crippen LogP contribution in [0.2, 0.25) is 0 Å². The number of aromatic nitrogens is 3. The maximum Gasteiger partial charge on any atom is 0.171 e. The molecule has 2 rings (SSSR count). The number of aromatic amines is 1. The van der Waals surface area contributed by atoms with Crippen LogP contribution in [0, 0.1) is 5.82 Å². The van der Waals surface area contributed by atoms with Gasteiger partial charge in [-0.05, 0) is 6.07 Å². The molecule has 16 heavy (non-hydrogen) atoms. The molecule has 1 heterocycles. The van der Waals surface area contributed by atoms with Crippen molar-refractivity contribution in [3.63, 3.8) is 0 Å². The van der Waals surface area contributed by atoms with Gasteiger partial charge in [-0.25, -0.2) is 9.37 Å². The van der Waals surface area contributed by atoms with Crippen molar-refractivity contribution in [1.82, 2.24) is 15.2 Å². The molecule has 0 saturated carbocycles. The molecule has 1 atom stereocenters. The third kappa shape index (κ3) is 1.74. The van der Waals surface area contributed by atoms with E-state index in [0.29, 0.717) is 0 Å². The zero-order chi connectivity index (χ0) is 11.5. The zero-order valence-corrected chi connectivity index (χ0v) is 8.51. The minimum atomic E-state index is -1.18. The highest BCUT2D eigenvalue weighted by atomic mass is 19.1. The number of rotatable bonds is 3. The van der Waals surface area contributed by atoms with Gasteiger partial charge in [0, 0.05) is 5.56 Å². The molecule has 0 saturated heterocycles. The minimum absolute atomic E-state index is 0.0797. The van der Waals surface area contributed by atoms with Gasteiger partial charge in [-0.3, -0.25) is 5.10 Å². The molecule has 1 aromatic carbocycles. The van der Waals surface area contributed by atoms with Gasteiger partial charge in [0.05, 0.1) is 7.11 Å². The summed E-state index contributed by atoms with van der Waals surface area (Å²) in [5.74, 6) is -0.336. The molecular formula is C10H10FN3O2. The summed E-state index contributed by atoms with van der Waals surface area (Å²) in [5.41, 5.74) is 0.0936. The van der Waals surface area contributed by atoms with Gasteiger partial charge in [0.2, 0.25) is 0 Å². The summed E-state index contributed by atoms with van der Waals surface area (Å²) in [6.45, 7) is 0. The summed E-state index contributed by atoms with van der Waals surface area (Å²) >= 11 is 0. The fraction of sp³-hybridized carbons (Fsp3) is 0.200. The Hall–Kier alpha value is -1.95. The molecule has 84 valence electrons. The number of aliphatic hydroxyl groups is 1. The second-order valence-corrected chi connectivity index (χ2v) is 3.14. The van der Waals surface area contributed by atoms with Crippen molar-refractivity contribution in [3.8, 4) is 5.75 Å². The summed E-state index contributed by atoms with van der Waals surface area (Å²) in [7, 11) is 1.36. The van der Waals surface area contributed by atoms with Crippen LogP contribution >= 0.6 is 0 Å². The van der Waals surface area contributed by atoms with E-state index in [2.05, 4.69) is 15.2 Å². The summed E-state index contributed by atoms with van der Waals surface area (Å²) in [4.78, 5) is 3.76. The molecule has 2 aromatic rings. The number of nitrogens with zero attached hydrogens (tertiary/aromatic N) is 2. The number of ether oxygens (including phenoxy) is 1. The van der Waals surface area contributed by atoms with Crippen LogP contribution in [-0.4, -0.2) is 27.4 Å². The lowest BCUT2D eigenvalue weighted by Crippen LogP contribution is -2.05. The fourth-order valence-corrected chi connectivity index (χ4v) is 1.39. The van der Waals surface area contributed by atoms with Gasteiger partial charge in [-0.2, -0.15) is 5.10 Å². The van der Waals surface area contributed by atoms with E-state index >= 15 is 0 Å². The third-order valence-corrected chi connectivity index (χ3v) is 2.20. The lowest BCUT2D eigenvalue weighted by molar-refractivity contribution is 0.203. The molecule has 0 bridgehead atoms. The van der Waals surface area contributed by atoms with Crippen LogP contribution in [0.4, 0.5) is 4.39 Å². The normalized spacial score (nSPS) is 12.4. The van der Waals surface area contributed by atoms with E-state index in [4.69, 9.17) is 4.74 Å². The van der Waals surface area contributed by atoms with Crippen molar-refractivity contribution in [2.75, 3.05) is 7.11 Å². The van der Waals surface area contributed by atoms with Gasteiger partial charge in [-0.15, -0.1) is 0 Å². The summed E-state index contributed by atoms with van der Waals surface area (Å²) in [6, 6.07) is 4.54. The van der Waals surface area contributed by atoms with E-state index in [1.165, 1.54) is 25.6 Å². The van der Waals surface area contributed by atoms with Crippen molar-refractivity contribution >= 4 is 0 Å². The van der Waals surface area contributed by atoms with Crippen LogP contribution in [0.25, 0.3) is 0 Å². The maximum absolute atomic E-state index is 13.8. The molecule has 6 heteroatoms. The van der Waals surface area contributed by atoms with E-state index in [0.717, 1.165) is 0 Å². The number of hydrogen-bond acceptors (Lipinski definition) is 4. The molecule has 0 aliphatic heterocycles. The van der Waals surface area contributed by atoms with Crippen molar-refractivity contribution in [2.45, 2.75) is 6.10 Å². The Kier molecular flexibility index (Phi) is 2.82.